The Morgan fingerprint density at radius 1 is 1.12 bits per heavy atom. The van der Waals surface area contributed by atoms with E-state index in [-0.39, 0.29) is 5.69 Å². The third kappa shape index (κ3) is 1.65. The SMILES string of the molecule is O=C(O)c1c(O)cccc1N1C(=O)C=CC1=O. The fraction of sp³-hybridized carbons (Fsp3) is 0. The molecule has 0 atom stereocenters. The molecule has 0 bridgehead atoms. The Balaban J connectivity index is 2.60. The van der Waals surface area contributed by atoms with Gasteiger partial charge in [-0.3, -0.25) is 9.59 Å². The van der Waals surface area contributed by atoms with Gasteiger partial charge in [-0.05, 0) is 12.1 Å². The average Bonchev–Trinajstić information content (AvgIpc) is 2.57. The summed E-state index contributed by atoms with van der Waals surface area (Å²) in [6, 6.07) is 3.81. The van der Waals surface area contributed by atoms with Gasteiger partial charge in [0.15, 0.2) is 0 Å². The molecular weight excluding hydrogens is 226 g/mol. The minimum atomic E-state index is -1.41. The molecular formula is C11H7NO5. The number of nitrogens with zero attached hydrogens (tertiary/aromatic N) is 1. The summed E-state index contributed by atoms with van der Waals surface area (Å²) in [7, 11) is 0. The first kappa shape index (κ1) is 10.9. The highest BCUT2D eigenvalue weighted by Gasteiger charge is 2.30. The minimum absolute atomic E-state index is 0.141. The number of hydrogen-bond donors (Lipinski definition) is 2. The van der Waals surface area contributed by atoms with Crippen LogP contribution in [0.1, 0.15) is 10.4 Å². The lowest BCUT2D eigenvalue weighted by molar-refractivity contribution is -0.119. The van der Waals surface area contributed by atoms with Crippen molar-refractivity contribution in [3.8, 4) is 5.75 Å². The number of imide groups is 1. The van der Waals surface area contributed by atoms with E-state index < -0.39 is 29.1 Å². The molecule has 1 heterocycles. The number of rotatable bonds is 2. The van der Waals surface area contributed by atoms with E-state index in [2.05, 4.69) is 0 Å². The fourth-order valence-electron chi connectivity index (χ4n) is 1.57. The molecule has 0 saturated heterocycles. The predicted octanol–water partition coefficient (Wildman–Crippen LogP) is 0.520. The van der Waals surface area contributed by atoms with Crippen molar-refractivity contribution in [2.45, 2.75) is 0 Å². The second-order valence-corrected chi connectivity index (χ2v) is 3.32. The van der Waals surface area contributed by atoms with Crippen molar-refractivity contribution in [2.75, 3.05) is 4.90 Å². The maximum Gasteiger partial charge on any atom is 0.341 e. The molecule has 86 valence electrons. The number of anilines is 1. The second-order valence-electron chi connectivity index (χ2n) is 3.32. The second kappa shape index (κ2) is 3.75. The average molecular weight is 233 g/mol. The third-order valence-corrected chi connectivity index (χ3v) is 2.28. The van der Waals surface area contributed by atoms with Crippen LogP contribution in [0.4, 0.5) is 5.69 Å². The zero-order chi connectivity index (χ0) is 12.6. The number of phenols is 1. The van der Waals surface area contributed by atoms with E-state index in [0.29, 0.717) is 4.90 Å². The van der Waals surface area contributed by atoms with Crippen molar-refractivity contribution in [3.05, 3.63) is 35.9 Å². The number of hydrogen-bond acceptors (Lipinski definition) is 4. The monoisotopic (exact) mass is 233 g/mol. The Labute approximate surface area is 95.4 Å². The molecule has 1 aromatic carbocycles. The third-order valence-electron chi connectivity index (χ3n) is 2.28. The minimum Gasteiger partial charge on any atom is -0.507 e. The molecule has 6 heteroatoms. The van der Waals surface area contributed by atoms with Crippen molar-refractivity contribution < 1.29 is 24.6 Å². The molecule has 0 aromatic heterocycles. The number of carboxylic acids is 1. The first-order valence-electron chi connectivity index (χ1n) is 4.64. The van der Waals surface area contributed by atoms with Gasteiger partial charge in [0.1, 0.15) is 11.3 Å². The molecule has 1 aliphatic rings. The van der Waals surface area contributed by atoms with Crippen LogP contribution in [0.3, 0.4) is 0 Å². The Morgan fingerprint density at radius 2 is 1.71 bits per heavy atom. The van der Waals surface area contributed by atoms with Gasteiger partial charge in [-0.1, -0.05) is 6.07 Å². The fourth-order valence-corrected chi connectivity index (χ4v) is 1.57. The van der Waals surface area contributed by atoms with Crippen LogP contribution in [-0.2, 0) is 9.59 Å². The summed E-state index contributed by atoms with van der Waals surface area (Å²) in [5.74, 6) is -3.18. The quantitative estimate of drug-likeness (QED) is 0.726. The van der Waals surface area contributed by atoms with E-state index in [1.165, 1.54) is 18.2 Å². The first-order chi connectivity index (χ1) is 8.02. The van der Waals surface area contributed by atoms with Crippen molar-refractivity contribution in [2.24, 2.45) is 0 Å². The van der Waals surface area contributed by atoms with Crippen LogP contribution >= 0.6 is 0 Å². The zero-order valence-electron chi connectivity index (χ0n) is 8.45. The number of carbonyl (C=O) groups is 3. The molecule has 6 nitrogen and oxygen atoms in total. The summed E-state index contributed by atoms with van der Waals surface area (Å²) >= 11 is 0. The van der Waals surface area contributed by atoms with E-state index in [9.17, 15) is 19.5 Å². The molecule has 1 aromatic rings. The molecule has 0 spiro atoms. The summed E-state index contributed by atoms with van der Waals surface area (Å²) in [6.45, 7) is 0. The van der Waals surface area contributed by atoms with Gasteiger partial charge >= 0.3 is 5.97 Å². The van der Waals surface area contributed by atoms with Gasteiger partial charge < -0.3 is 10.2 Å². The van der Waals surface area contributed by atoms with Crippen LogP contribution in [0.2, 0.25) is 0 Å². The van der Waals surface area contributed by atoms with Gasteiger partial charge in [0.25, 0.3) is 11.8 Å². The van der Waals surface area contributed by atoms with E-state index in [0.717, 1.165) is 12.2 Å². The highest BCUT2D eigenvalue weighted by molar-refractivity contribution is 6.29. The van der Waals surface area contributed by atoms with Crippen molar-refractivity contribution in [1.82, 2.24) is 0 Å². The normalized spacial score (nSPS) is 14.5. The first-order valence-corrected chi connectivity index (χ1v) is 4.64. The highest BCUT2D eigenvalue weighted by atomic mass is 16.4. The molecule has 1 aliphatic heterocycles. The topological polar surface area (TPSA) is 94.9 Å². The highest BCUT2D eigenvalue weighted by Crippen LogP contribution is 2.30. The zero-order valence-corrected chi connectivity index (χ0v) is 8.45. The summed E-state index contributed by atoms with van der Waals surface area (Å²) in [6.07, 6.45) is 2.08. The summed E-state index contributed by atoms with van der Waals surface area (Å²) in [4.78, 5) is 34.5. The number of aromatic hydroxyl groups is 1. The lowest BCUT2D eigenvalue weighted by atomic mass is 10.1. The molecule has 2 amide bonds. The van der Waals surface area contributed by atoms with Gasteiger partial charge in [0.05, 0.1) is 5.69 Å². The smallest absolute Gasteiger partial charge is 0.341 e. The predicted molar refractivity (Wildman–Crippen MR) is 56.7 cm³/mol. The Kier molecular flexibility index (Phi) is 2.40. The van der Waals surface area contributed by atoms with Gasteiger partial charge in [-0.15, -0.1) is 0 Å². The lowest BCUT2D eigenvalue weighted by Gasteiger charge is -2.16. The number of benzene rings is 1. The summed E-state index contributed by atoms with van der Waals surface area (Å²) in [5, 5.41) is 18.4. The lowest BCUT2D eigenvalue weighted by Crippen LogP contribution is -2.31. The van der Waals surface area contributed by atoms with Crippen LogP contribution in [0, 0.1) is 0 Å². The molecule has 0 radical (unpaired) electrons. The van der Waals surface area contributed by atoms with E-state index >= 15 is 0 Å². The molecule has 0 fully saturated rings. The maximum absolute atomic E-state index is 11.4. The number of carbonyl (C=O) groups excluding carboxylic acids is 2. The molecule has 0 aliphatic carbocycles. The number of aromatic carboxylic acids is 1. The molecule has 2 rings (SSSR count). The molecule has 0 unspecified atom stereocenters. The van der Waals surface area contributed by atoms with Gasteiger partial charge in [0, 0.05) is 12.2 Å². The van der Waals surface area contributed by atoms with E-state index in [1.807, 2.05) is 0 Å². The van der Waals surface area contributed by atoms with Crippen LogP contribution in [-0.4, -0.2) is 28.0 Å². The summed E-state index contributed by atoms with van der Waals surface area (Å²) in [5.41, 5.74) is -0.615. The van der Waals surface area contributed by atoms with Crippen LogP contribution in [0.15, 0.2) is 30.4 Å². The summed E-state index contributed by atoms with van der Waals surface area (Å²) < 4.78 is 0. The Morgan fingerprint density at radius 3 is 2.24 bits per heavy atom. The van der Waals surface area contributed by atoms with E-state index in [1.54, 1.807) is 0 Å². The van der Waals surface area contributed by atoms with Crippen LogP contribution < -0.4 is 4.90 Å². The maximum atomic E-state index is 11.4. The van der Waals surface area contributed by atoms with Gasteiger partial charge in [-0.2, -0.15) is 0 Å². The molecule has 2 N–H and O–H groups in total. The van der Waals surface area contributed by atoms with Crippen LogP contribution in [0.25, 0.3) is 0 Å². The van der Waals surface area contributed by atoms with Gasteiger partial charge in [-0.25, -0.2) is 9.69 Å². The number of amides is 2. The van der Waals surface area contributed by atoms with Gasteiger partial charge in [0.2, 0.25) is 0 Å². The standard InChI is InChI=1S/C11H7NO5/c13-7-3-1-2-6(10(7)11(16)17)12-8(14)4-5-9(12)15/h1-5,13H,(H,16,17). The number of carboxylic acid groups (broad SMARTS) is 1. The van der Waals surface area contributed by atoms with Crippen molar-refractivity contribution in [1.29, 1.82) is 0 Å². The molecule has 0 saturated carbocycles. The van der Waals surface area contributed by atoms with Crippen LogP contribution in [0.5, 0.6) is 5.75 Å². The Hall–Kier alpha value is -2.63. The largest absolute Gasteiger partial charge is 0.507 e. The Bertz CT molecular complexity index is 543. The van der Waals surface area contributed by atoms with E-state index in [4.69, 9.17) is 5.11 Å². The van der Waals surface area contributed by atoms with Crippen molar-refractivity contribution in [3.63, 3.8) is 0 Å². The van der Waals surface area contributed by atoms with Crippen molar-refractivity contribution >= 4 is 23.5 Å². The molecule has 17 heavy (non-hydrogen) atoms.